The third-order valence-corrected chi connectivity index (χ3v) is 2.80. The number of benzene rings is 2. The lowest BCUT2D eigenvalue weighted by Crippen LogP contribution is -2.16. The zero-order valence-electron chi connectivity index (χ0n) is 11.0. The maximum absolute atomic E-state index is 13.6. The van der Waals surface area contributed by atoms with Crippen molar-refractivity contribution in [3.8, 4) is 11.8 Å². The molecule has 0 spiro atoms. The average molecular weight is 288 g/mol. The van der Waals surface area contributed by atoms with Crippen LogP contribution < -0.4 is 10.1 Å². The lowest BCUT2D eigenvalue weighted by atomic mass is 10.1. The second-order valence-corrected chi connectivity index (χ2v) is 4.05. The maximum Gasteiger partial charge on any atom is 0.258 e. The van der Waals surface area contributed by atoms with Crippen LogP contribution in [0.3, 0.4) is 0 Å². The van der Waals surface area contributed by atoms with Gasteiger partial charge in [0.15, 0.2) is 11.6 Å². The Morgan fingerprint density at radius 2 is 1.95 bits per heavy atom. The van der Waals surface area contributed by atoms with E-state index in [9.17, 15) is 13.6 Å². The molecule has 0 atom stereocenters. The summed E-state index contributed by atoms with van der Waals surface area (Å²) in [5.74, 6) is -2.99. The van der Waals surface area contributed by atoms with E-state index in [0.29, 0.717) is 0 Å². The van der Waals surface area contributed by atoms with E-state index >= 15 is 0 Å². The summed E-state index contributed by atoms with van der Waals surface area (Å²) in [4.78, 5) is 12.0. The van der Waals surface area contributed by atoms with Crippen molar-refractivity contribution >= 4 is 11.6 Å². The molecule has 0 saturated heterocycles. The Balaban J connectivity index is 2.41. The van der Waals surface area contributed by atoms with Gasteiger partial charge in [-0.05, 0) is 24.3 Å². The summed E-state index contributed by atoms with van der Waals surface area (Å²) in [6.45, 7) is 0. The Morgan fingerprint density at radius 3 is 2.62 bits per heavy atom. The van der Waals surface area contributed by atoms with Crippen molar-refractivity contribution in [1.82, 2.24) is 0 Å². The topological polar surface area (TPSA) is 62.1 Å². The third kappa shape index (κ3) is 2.82. The quantitative estimate of drug-likeness (QED) is 0.944. The van der Waals surface area contributed by atoms with Crippen molar-refractivity contribution in [3.05, 3.63) is 59.2 Å². The van der Waals surface area contributed by atoms with Crippen molar-refractivity contribution in [2.75, 3.05) is 12.4 Å². The van der Waals surface area contributed by atoms with Gasteiger partial charge in [-0.15, -0.1) is 0 Å². The van der Waals surface area contributed by atoms with Gasteiger partial charge in [0.25, 0.3) is 5.91 Å². The number of para-hydroxylation sites is 1. The van der Waals surface area contributed by atoms with E-state index in [-0.39, 0.29) is 17.0 Å². The number of nitrogens with one attached hydrogen (secondary N) is 1. The Labute approximate surface area is 119 Å². The number of methoxy groups -OCH3 is 1. The molecule has 0 radical (unpaired) electrons. The molecule has 0 aliphatic carbocycles. The predicted molar refractivity (Wildman–Crippen MR) is 72.0 cm³/mol. The number of rotatable bonds is 3. The molecule has 2 rings (SSSR count). The fourth-order valence-electron chi connectivity index (χ4n) is 1.78. The number of nitrogens with zero attached hydrogens (tertiary/aromatic N) is 1. The molecule has 0 aromatic heterocycles. The number of carbonyl (C=O) groups is 1. The van der Waals surface area contributed by atoms with E-state index in [2.05, 4.69) is 5.32 Å². The molecule has 0 saturated carbocycles. The Kier molecular flexibility index (Phi) is 4.14. The minimum atomic E-state index is -1.25. The number of anilines is 1. The number of halogens is 2. The smallest absolute Gasteiger partial charge is 0.258 e. The summed E-state index contributed by atoms with van der Waals surface area (Å²) in [6.07, 6.45) is 0. The number of hydrogen-bond donors (Lipinski definition) is 1. The Hall–Kier alpha value is -2.94. The molecular formula is C15H10F2N2O2. The number of nitriles is 1. The van der Waals surface area contributed by atoms with Crippen LogP contribution >= 0.6 is 0 Å². The van der Waals surface area contributed by atoms with Crippen molar-refractivity contribution in [2.45, 2.75) is 0 Å². The van der Waals surface area contributed by atoms with Crippen LogP contribution in [0.15, 0.2) is 36.4 Å². The van der Waals surface area contributed by atoms with E-state index in [0.717, 1.165) is 12.1 Å². The van der Waals surface area contributed by atoms with Crippen LogP contribution in [0, 0.1) is 23.0 Å². The zero-order chi connectivity index (χ0) is 15.4. The number of hydrogen-bond acceptors (Lipinski definition) is 3. The molecule has 0 aliphatic rings. The summed E-state index contributed by atoms with van der Waals surface area (Å²) in [7, 11) is 1.37. The Bertz CT molecular complexity index is 739. The molecule has 1 N–H and O–H groups in total. The van der Waals surface area contributed by atoms with Crippen molar-refractivity contribution in [1.29, 1.82) is 5.26 Å². The van der Waals surface area contributed by atoms with Gasteiger partial charge in [0.2, 0.25) is 0 Å². The van der Waals surface area contributed by atoms with Crippen molar-refractivity contribution < 1.29 is 18.3 Å². The minimum absolute atomic E-state index is 0.108. The molecule has 1 amide bonds. The summed E-state index contributed by atoms with van der Waals surface area (Å²) in [5.41, 5.74) is -0.194. The molecule has 21 heavy (non-hydrogen) atoms. The SMILES string of the molecule is COc1cccc(C#N)c1NC(=O)c1cccc(F)c1F. The van der Waals surface area contributed by atoms with E-state index in [1.807, 2.05) is 6.07 Å². The van der Waals surface area contributed by atoms with Crippen molar-refractivity contribution in [3.63, 3.8) is 0 Å². The number of ether oxygens (including phenoxy) is 1. The van der Waals surface area contributed by atoms with Crippen molar-refractivity contribution in [2.24, 2.45) is 0 Å². The lowest BCUT2D eigenvalue weighted by molar-refractivity contribution is 0.102. The average Bonchev–Trinajstić information content (AvgIpc) is 2.50. The van der Waals surface area contributed by atoms with E-state index < -0.39 is 23.1 Å². The molecular weight excluding hydrogens is 278 g/mol. The van der Waals surface area contributed by atoms with Gasteiger partial charge in [0, 0.05) is 0 Å². The molecule has 0 unspecified atom stereocenters. The van der Waals surface area contributed by atoms with Crippen LogP contribution in [-0.4, -0.2) is 13.0 Å². The normalized spacial score (nSPS) is 9.81. The summed E-state index contributed by atoms with van der Waals surface area (Å²) < 4.78 is 31.8. The van der Waals surface area contributed by atoms with Gasteiger partial charge in [0.05, 0.1) is 18.2 Å². The highest BCUT2D eigenvalue weighted by Crippen LogP contribution is 2.28. The zero-order valence-corrected chi connectivity index (χ0v) is 11.0. The monoisotopic (exact) mass is 288 g/mol. The lowest BCUT2D eigenvalue weighted by Gasteiger charge is -2.12. The summed E-state index contributed by atoms with van der Waals surface area (Å²) >= 11 is 0. The summed E-state index contributed by atoms with van der Waals surface area (Å²) in [6, 6.07) is 9.77. The standard InChI is InChI=1S/C15H10F2N2O2/c1-21-12-7-2-4-9(8-18)14(12)19-15(20)10-5-3-6-11(16)13(10)17/h2-7H,1H3,(H,19,20). The summed E-state index contributed by atoms with van der Waals surface area (Å²) in [5, 5.41) is 11.4. The van der Waals surface area contributed by atoms with Crippen LogP contribution in [0.2, 0.25) is 0 Å². The minimum Gasteiger partial charge on any atom is -0.495 e. The van der Waals surface area contributed by atoms with Gasteiger partial charge < -0.3 is 10.1 Å². The molecule has 0 bridgehead atoms. The van der Waals surface area contributed by atoms with E-state index in [1.54, 1.807) is 12.1 Å². The first-order valence-electron chi connectivity index (χ1n) is 5.91. The predicted octanol–water partition coefficient (Wildman–Crippen LogP) is 3.10. The molecule has 0 heterocycles. The van der Waals surface area contributed by atoms with Crippen LogP contribution in [0.5, 0.6) is 5.75 Å². The van der Waals surface area contributed by atoms with Gasteiger partial charge in [-0.25, -0.2) is 8.78 Å². The molecule has 2 aromatic rings. The fraction of sp³-hybridized carbons (Fsp3) is 0.0667. The molecule has 0 aliphatic heterocycles. The van der Waals surface area contributed by atoms with Gasteiger partial charge in [-0.1, -0.05) is 12.1 Å². The van der Waals surface area contributed by atoms with Crippen LogP contribution in [0.25, 0.3) is 0 Å². The van der Waals surface area contributed by atoms with E-state index in [1.165, 1.54) is 19.2 Å². The second kappa shape index (κ2) is 6.01. The largest absolute Gasteiger partial charge is 0.495 e. The van der Waals surface area contributed by atoms with Gasteiger partial charge in [0.1, 0.15) is 17.5 Å². The number of carbonyl (C=O) groups excluding carboxylic acids is 1. The Morgan fingerprint density at radius 1 is 1.24 bits per heavy atom. The third-order valence-electron chi connectivity index (χ3n) is 2.80. The van der Waals surface area contributed by atoms with Crippen LogP contribution in [0.1, 0.15) is 15.9 Å². The fourth-order valence-corrected chi connectivity index (χ4v) is 1.78. The highest BCUT2D eigenvalue weighted by Gasteiger charge is 2.18. The molecule has 4 nitrogen and oxygen atoms in total. The van der Waals surface area contributed by atoms with E-state index in [4.69, 9.17) is 10.00 Å². The first kappa shape index (κ1) is 14.5. The van der Waals surface area contributed by atoms with Crippen LogP contribution in [-0.2, 0) is 0 Å². The van der Waals surface area contributed by atoms with Gasteiger partial charge in [-0.2, -0.15) is 5.26 Å². The molecule has 106 valence electrons. The molecule has 0 fully saturated rings. The molecule has 6 heteroatoms. The highest BCUT2D eigenvalue weighted by atomic mass is 19.2. The first-order valence-corrected chi connectivity index (χ1v) is 5.91. The van der Waals surface area contributed by atoms with Gasteiger partial charge >= 0.3 is 0 Å². The highest BCUT2D eigenvalue weighted by molar-refractivity contribution is 6.06. The molecule has 2 aromatic carbocycles. The van der Waals surface area contributed by atoms with Crippen LogP contribution in [0.4, 0.5) is 14.5 Å². The maximum atomic E-state index is 13.6. The van der Waals surface area contributed by atoms with Gasteiger partial charge in [-0.3, -0.25) is 4.79 Å². The first-order chi connectivity index (χ1) is 10.1. The second-order valence-electron chi connectivity index (χ2n) is 4.05. The number of amides is 1.